The highest BCUT2D eigenvalue weighted by Gasteiger charge is 2.29. The molecule has 4 rings (SSSR count). The molecule has 2 saturated heterocycles. The van der Waals surface area contributed by atoms with Gasteiger partial charge in [-0.25, -0.2) is 9.97 Å². The second-order valence-corrected chi connectivity index (χ2v) is 9.90. The molecule has 188 valence electrons. The molecule has 1 aromatic heterocycles. The molecule has 0 spiro atoms. The zero-order valence-corrected chi connectivity index (χ0v) is 21.4. The van der Waals surface area contributed by atoms with Crippen LogP contribution in [-0.4, -0.2) is 66.6 Å². The van der Waals surface area contributed by atoms with E-state index in [-0.39, 0.29) is 17.8 Å². The van der Waals surface area contributed by atoms with Crippen molar-refractivity contribution in [1.29, 1.82) is 0 Å². The third-order valence-corrected chi connectivity index (χ3v) is 7.28. The maximum absolute atomic E-state index is 13.0. The molecule has 35 heavy (non-hydrogen) atoms. The molecule has 3 heterocycles. The van der Waals surface area contributed by atoms with Crippen molar-refractivity contribution < 1.29 is 19.1 Å². The summed E-state index contributed by atoms with van der Waals surface area (Å²) in [6, 6.07) is 9.71. The number of thioether (sulfide) groups is 1. The maximum atomic E-state index is 13.0. The van der Waals surface area contributed by atoms with Crippen LogP contribution in [0.1, 0.15) is 54.2 Å². The average Bonchev–Trinajstić information content (AvgIpc) is 3.43. The number of benzene rings is 1. The van der Waals surface area contributed by atoms with E-state index in [4.69, 9.17) is 14.5 Å². The number of carbonyl (C=O) groups is 2. The van der Waals surface area contributed by atoms with Crippen LogP contribution in [0.4, 0.5) is 5.82 Å². The van der Waals surface area contributed by atoms with E-state index in [0.717, 1.165) is 48.2 Å². The minimum Gasteiger partial charge on any atom is -0.466 e. The lowest BCUT2D eigenvalue weighted by molar-refractivity contribution is -0.149. The van der Waals surface area contributed by atoms with E-state index in [1.807, 2.05) is 30.3 Å². The Morgan fingerprint density at radius 2 is 1.86 bits per heavy atom. The number of piperidine rings is 1. The van der Waals surface area contributed by atoms with Gasteiger partial charge < -0.3 is 19.3 Å². The van der Waals surface area contributed by atoms with Gasteiger partial charge in [-0.2, -0.15) is 0 Å². The van der Waals surface area contributed by atoms with Gasteiger partial charge in [-0.15, -0.1) is 0 Å². The number of hydrogen-bond acceptors (Lipinski definition) is 8. The summed E-state index contributed by atoms with van der Waals surface area (Å²) in [6.45, 7) is 5.77. The summed E-state index contributed by atoms with van der Waals surface area (Å²) in [6.07, 6.45) is 3.97. The summed E-state index contributed by atoms with van der Waals surface area (Å²) in [5.41, 5.74) is 2.62. The number of rotatable bonds is 9. The van der Waals surface area contributed by atoms with E-state index in [9.17, 15) is 9.59 Å². The highest BCUT2D eigenvalue weighted by molar-refractivity contribution is 7.98. The minimum atomic E-state index is -0.234. The molecule has 0 saturated carbocycles. The Balaban J connectivity index is 1.37. The number of likely N-dealkylation sites (tertiary alicyclic amines) is 1. The molecule has 1 atom stereocenters. The Morgan fingerprint density at radius 1 is 1.09 bits per heavy atom. The van der Waals surface area contributed by atoms with E-state index in [1.54, 1.807) is 30.7 Å². The molecule has 2 aliphatic rings. The normalized spacial score (nSPS) is 18.1. The fourth-order valence-corrected chi connectivity index (χ4v) is 5.37. The molecule has 2 aromatic rings. The van der Waals surface area contributed by atoms with Crippen LogP contribution in [-0.2, 0) is 26.6 Å². The summed E-state index contributed by atoms with van der Waals surface area (Å²) in [5.74, 6) is 1.20. The first-order valence-corrected chi connectivity index (χ1v) is 13.4. The number of carbonyl (C=O) groups excluding carboxylic acids is 2. The summed E-state index contributed by atoms with van der Waals surface area (Å²) in [7, 11) is 1.67. The number of anilines is 1. The van der Waals surface area contributed by atoms with E-state index in [1.165, 1.54) is 12.8 Å². The number of hydrogen-bond donors (Lipinski definition) is 0. The van der Waals surface area contributed by atoms with Crippen molar-refractivity contribution in [3.8, 4) is 0 Å². The van der Waals surface area contributed by atoms with Crippen LogP contribution >= 0.6 is 11.8 Å². The number of nitrogens with zero attached hydrogens (tertiary/aromatic N) is 4. The highest BCUT2D eigenvalue weighted by atomic mass is 32.2. The van der Waals surface area contributed by atoms with Gasteiger partial charge in [0.25, 0.3) is 5.91 Å². The molecule has 0 radical (unpaired) electrons. The molecule has 9 heteroatoms. The van der Waals surface area contributed by atoms with Crippen molar-refractivity contribution in [2.45, 2.75) is 50.1 Å². The lowest BCUT2D eigenvalue weighted by atomic mass is 9.97. The van der Waals surface area contributed by atoms with Gasteiger partial charge in [0.1, 0.15) is 5.82 Å². The van der Waals surface area contributed by atoms with Crippen molar-refractivity contribution >= 4 is 29.5 Å². The van der Waals surface area contributed by atoms with Gasteiger partial charge in [-0.05, 0) is 50.3 Å². The zero-order chi connectivity index (χ0) is 24.6. The third-order valence-electron chi connectivity index (χ3n) is 6.36. The van der Waals surface area contributed by atoms with Crippen LogP contribution in [0.3, 0.4) is 0 Å². The van der Waals surface area contributed by atoms with Gasteiger partial charge in [-0.3, -0.25) is 9.59 Å². The van der Waals surface area contributed by atoms with Crippen LogP contribution in [0, 0.1) is 5.92 Å². The fourth-order valence-electron chi connectivity index (χ4n) is 4.54. The van der Waals surface area contributed by atoms with Crippen molar-refractivity contribution in [3.63, 3.8) is 0 Å². The van der Waals surface area contributed by atoms with Gasteiger partial charge in [0.15, 0.2) is 5.16 Å². The van der Waals surface area contributed by atoms with Gasteiger partial charge in [0.2, 0.25) is 0 Å². The Kier molecular flexibility index (Phi) is 8.98. The maximum Gasteiger partial charge on any atom is 0.310 e. The van der Waals surface area contributed by atoms with Crippen LogP contribution in [0.25, 0.3) is 0 Å². The fraction of sp³-hybridized carbons (Fsp3) is 0.538. The third kappa shape index (κ3) is 6.73. The van der Waals surface area contributed by atoms with Crippen LogP contribution in [0.5, 0.6) is 0 Å². The molecule has 0 bridgehead atoms. The minimum absolute atomic E-state index is 0.0379. The molecule has 1 amide bonds. The van der Waals surface area contributed by atoms with Crippen LogP contribution < -0.4 is 4.90 Å². The van der Waals surface area contributed by atoms with E-state index in [0.29, 0.717) is 37.6 Å². The lowest BCUT2D eigenvalue weighted by Gasteiger charge is -2.31. The highest BCUT2D eigenvalue weighted by Crippen LogP contribution is 2.26. The van der Waals surface area contributed by atoms with Gasteiger partial charge in [0.05, 0.1) is 24.8 Å². The Bertz CT molecular complexity index is 1010. The molecule has 2 fully saturated rings. The number of esters is 1. The molecule has 0 aliphatic carbocycles. The van der Waals surface area contributed by atoms with Crippen LogP contribution in [0.2, 0.25) is 0 Å². The monoisotopic (exact) mass is 498 g/mol. The van der Waals surface area contributed by atoms with Crippen molar-refractivity contribution in [2.24, 2.45) is 5.92 Å². The smallest absolute Gasteiger partial charge is 0.310 e. The van der Waals surface area contributed by atoms with E-state index < -0.39 is 0 Å². The average molecular weight is 499 g/mol. The number of aromatic nitrogens is 2. The molecule has 2 aliphatic heterocycles. The molecular formula is C26H34N4O4S. The topological polar surface area (TPSA) is 84.9 Å². The summed E-state index contributed by atoms with van der Waals surface area (Å²) in [4.78, 5) is 38.6. The largest absolute Gasteiger partial charge is 0.466 e. The zero-order valence-electron chi connectivity index (χ0n) is 20.6. The second kappa shape index (κ2) is 12.4. The van der Waals surface area contributed by atoms with E-state index in [2.05, 4.69) is 9.88 Å². The first-order chi connectivity index (χ1) is 17.1. The SMILES string of the molecule is CCOC(=O)C1CCCN(C(=O)c2ccc(CSc3nc(COC)cc(N4CCCC4)n3)cc2)C1. The number of ether oxygens (including phenoxy) is 2. The summed E-state index contributed by atoms with van der Waals surface area (Å²) in [5, 5.41) is 0.736. The van der Waals surface area contributed by atoms with Crippen LogP contribution in [0.15, 0.2) is 35.5 Å². The quantitative estimate of drug-likeness (QED) is 0.292. The molecule has 1 unspecified atom stereocenters. The molecule has 0 N–H and O–H groups in total. The first-order valence-electron chi connectivity index (χ1n) is 12.4. The first kappa shape index (κ1) is 25.4. The molecular weight excluding hydrogens is 464 g/mol. The summed E-state index contributed by atoms with van der Waals surface area (Å²) >= 11 is 1.59. The molecule has 8 nitrogen and oxygen atoms in total. The summed E-state index contributed by atoms with van der Waals surface area (Å²) < 4.78 is 10.5. The van der Waals surface area contributed by atoms with Gasteiger partial charge >= 0.3 is 5.97 Å². The Labute approximate surface area is 211 Å². The van der Waals surface area contributed by atoms with Gasteiger partial charge in [-0.1, -0.05) is 23.9 Å². The van der Waals surface area contributed by atoms with E-state index >= 15 is 0 Å². The van der Waals surface area contributed by atoms with Crippen molar-refractivity contribution in [3.05, 3.63) is 47.2 Å². The standard InChI is InChI=1S/C26H34N4O4S/c1-3-34-25(32)21-7-6-14-30(16-21)24(31)20-10-8-19(9-11-20)18-35-26-27-22(17-33-2)15-23(28-26)29-12-4-5-13-29/h8-11,15,21H,3-7,12-14,16-18H2,1-2H3. The van der Waals surface area contributed by atoms with Crippen molar-refractivity contribution in [2.75, 3.05) is 44.8 Å². The molecule has 1 aromatic carbocycles. The second-order valence-electron chi connectivity index (χ2n) is 8.96. The predicted octanol–water partition coefficient (Wildman–Crippen LogP) is 3.93. The number of methoxy groups -OCH3 is 1. The Morgan fingerprint density at radius 3 is 2.57 bits per heavy atom. The predicted molar refractivity (Wildman–Crippen MR) is 135 cm³/mol. The Hall–Kier alpha value is -2.65. The van der Waals surface area contributed by atoms with Gasteiger partial charge in [0, 0.05) is 50.7 Å². The lowest BCUT2D eigenvalue weighted by Crippen LogP contribution is -2.42. The number of amides is 1. The van der Waals surface area contributed by atoms with Crippen molar-refractivity contribution in [1.82, 2.24) is 14.9 Å².